The van der Waals surface area contributed by atoms with Crippen LogP contribution in [0.1, 0.15) is 42.1 Å². The normalized spacial score (nSPS) is 11.5. The Balaban J connectivity index is 0.000000286. The maximum absolute atomic E-state index is 4.85. The van der Waals surface area contributed by atoms with Crippen molar-refractivity contribution in [3.63, 3.8) is 0 Å². The molecule has 0 bridgehead atoms. The first-order valence-corrected chi connectivity index (χ1v) is 12.5. The van der Waals surface area contributed by atoms with Crippen LogP contribution in [0.25, 0.3) is 27.5 Å². The number of hydrogen-bond acceptors (Lipinski definition) is 2. The third-order valence-corrected chi connectivity index (χ3v) is 6.47. The number of rotatable bonds is 3. The fourth-order valence-electron chi connectivity index (χ4n) is 4.44. The quantitative estimate of drug-likeness (QED) is 0.270. The number of H-pyrrole nitrogens is 1. The number of hydrogen-bond donors (Lipinski definition) is 1. The number of benzene rings is 3. The molecular weight excluding hydrogens is 577 g/mol. The van der Waals surface area contributed by atoms with E-state index in [4.69, 9.17) is 10.3 Å². The summed E-state index contributed by atoms with van der Waals surface area (Å²) in [5.41, 5.74) is 9.35. The van der Waals surface area contributed by atoms with Gasteiger partial charge in [-0.05, 0) is 60.8 Å². The molecule has 0 fully saturated rings. The number of nitrogens with one attached hydrogen (secondary N) is 1. The van der Waals surface area contributed by atoms with Gasteiger partial charge in [0.15, 0.2) is 0 Å². The van der Waals surface area contributed by atoms with Gasteiger partial charge in [-0.2, -0.15) is 0 Å². The largest absolute Gasteiger partial charge is 2.00 e. The molecule has 0 unspecified atom stereocenters. The number of pyridine rings is 1. The Labute approximate surface area is 244 Å². The van der Waals surface area contributed by atoms with Crippen molar-refractivity contribution in [3.05, 3.63) is 125 Å². The molecule has 1 aliphatic heterocycles. The van der Waals surface area contributed by atoms with Gasteiger partial charge in [-0.3, -0.25) is 4.98 Å². The molecule has 3 aromatic carbocycles. The molecule has 0 amide bonds. The number of aromatic nitrogens is 2. The predicted molar refractivity (Wildman–Crippen MR) is 151 cm³/mol. The van der Waals surface area contributed by atoms with E-state index >= 15 is 0 Å². The summed E-state index contributed by atoms with van der Waals surface area (Å²) < 4.78 is 0. The van der Waals surface area contributed by atoms with E-state index in [1.165, 1.54) is 22.1 Å². The van der Waals surface area contributed by atoms with Crippen molar-refractivity contribution in [2.24, 2.45) is 4.99 Å². The topological polar surface area (TPSA) is 55.1 Å². The molecule has 0 atom stereocenters. The molecule has 1 aliphatic rings. The molecule has 1 N–H and O–H groups in total. The molecule has 0 saturated heterocycles. The Kier molecular flexibility index (Phi) is 10.4. The number of halogens is 1. The van der Waals surface area contributed by atoms with Crippen molar-refractivity contribution in [3.8, 4) is 11.3 Å². The summed E-state index contributed by atoms with van der Waals surface area (Å²) in [7, 11) is 0. The maximum atomic E-state index is 4.85. The Morgan fingerprint density at radius 3 is 2.32 bits per heavy atom. The minimum absolute atomic E-state index is 0. The Hall–Kier alpha value is -3.27. The second-order valence-electron chi connectivity index (χ2n) is 9.45. The zero-order chi connectivity index (χ0) is 24.9. The predicted octanol–water partition coefficient (Wildman–Crippen LogP) is 5.51. The van der Waals surface area contributed by atoms with Crippen LogP contribution in [0.3, 0.4) is 0 Å². The van der Waals surface area contributed by atoms with Gasteiger partial charge in [-0.1, -0.05) is 98.0 Å². The van der Waals surface area contributed by atoms with Gasteiger partial charge in [-0.15, -0.1) is 0 Å². The first kappa shape index (κ1) is 29.3. The summed E-state index contributed by atoms with van der Waals surface area (Å²) in [6.45, 7) is 7.08. The molecule has 5 aromatic rings. The Morgan fingerprint density at radius 2 is 1.58 bits per heavy atom. The van der Waals surface area contributed by atoms with E-state index in [0.29, 0.717) is 18.9 Å². The summed E-state index contributed by atoms with van der Waals surface area (Å²) in [4.78, 5) is 12.8. The van der Waals surface area contributed by atoms with Crippen LogP contribution in [-0.4, -0.2) is 15.8 Å². The monoisotopic (exact) mass is 608 g/mol. The van der Waals surface area contributed by atoms with Crippen LogP contribution in [-0.2, 0) is 32.4 Å². The standard InChI is InChI=1S/C22H17N4.C10H14.ClH.Ru/c1-3-10-19-16(8-1)18-13-21(24-14-15-7-5-6-12-23-15)25-20-11-4-2-9-17(20)22(18)26-19;1-8(2)10-6-4-9(3)5-7-10;;/h1-12,26H,13-14H2;4-8H,1-3H3;1H;/q-1;;;+2/p-1. The van der Waals surface area contributed by atoms with E-state index in [-0.39, 0.29) is 31.9 Å². The van der Waals surface area contributed by atoms with E-state index in [2.05, 4.69) is 91.4 Å². The fourth-order valence-corrected chi connectivity index (χ4v) is 4.44. The van der Waals surface area contributed by atoms with E-state index in [9.17, 15) is 0 Å². The van der Waals surface area contributed by atoms with Crippen LogP contribution in [0.4, 0.5) is 5.69 Å². The SMILES string of the molecule is Cc1ccc(C(C)C)cc1.[Cl-].[Ru+2].c1ccc(C[N-]C2=Nc3ccccc3-c3[nH]c4ccccc4c3C2)nc1. The van der Waals surface area contributed by atoms with Crippen LogP contribution in [0.15, 0.2) is 102 Å². The summed E-state index contributed by atoms with van der Waals surface area (Å²) >= 11 is 0. The van der Waals surface area contributed by atoms with Gasteiger partial charge in [0.2, 0.25) is 0 Å². The minimum Gasteiger partial charge on any atom is -1.00 e. The van der Waals surface area contributed by atoms with Gasteiger partial charge >= 0.3 is 19.5 Å². The summed E-state index contributed by atoms with van der Waals surface area (Å²) in [5, 5.41) is 6.01. The fraction of sp³-hybridized carbons (Fsp3) is 0.188. The van der Waals surface area contributed by atoms with Crippen molar-refractivity contribution in [1.82, 2.24) is 9.97 Å². The molecule has 0 aliphatic carbocycles. The van der Waals surface area contributed by atoms with E-state index in [1.807, 2.05) is 30.3 Å². The second-order valence-corrected chi connectivity index (χ2v) is 9.45. The zero-order valence-corrected chi connectivity index (χ0v) is 24.3. The zero-order valence-electron chi connectivity index (χ0n) is 21.8. The van der Waals surface area contributed by atoms with E-state index in [0.717, 1.165) is 34.0 Å². The van der Waals surface area contributed by atoms with Crippen LogP contribution >= 0.6 is 0 Å². The first-order valence-electron chi connectivity index (χ1n) is 12.5. The molecule has 6 heteroatoms. The molecule has 3 heterocycles. The van der Waals surface area contributed by atoms with Crippen molar-refractivity contribution in [1.29, 1.82) is 0 Å². The molecule has 6 rings (SSSR count). The summed E-state index contributed by atoms with van der Waals surface area (Å²) in [6.07, 6.45) is 2.51. The number of aliphatic imine (C=N–C) groups is 1. The molecule has 194 valence electrons. The average molecular weight is 608 g/mol. The third-order valence-electron chi connectivity index (χ3n) is 6.47. The molecule has 0 saturated carbocycles. The van der Waals surface area contributed by atoms with Crippen LogP contribution < -0.4 is 12.4 Å². The number of nitrogens with zero attached hydrogens (tertiary/aromatic N) is 3. The van der Waals surface area contributed by atoms with E-state index in [1.54, 1.807) is 6.20 Å². The van der Waals surface area contributed by atoms with Gasteiger partial charge in [-0.25, -0.2) is 0 Å². The number of aryl methyl sites for hydroxylation is 1. The first-order chi connectivity index (χ1) is 17.6. The van der Waals surface area contributed by atoms with Crippen LogP contribution in [0.5, 0.6) is 0 Å². The Bertz CT molecular complexity index is 1490. The van der Waals surface area contributed by atoms with Gasteiger partial charge in [0.1, 0.15) is 0 Å². The Morgan fingerprint density at radius 1 is 0.868 bits per heavy atom. The van der Waals surface area contributed by atoms with Gasteiger partial charge in [0.05, 0.1) is 5.69 Å². The summed E-state index contributed by atoms with van der Waals surface area (Å²) in [5.74, 6) is 1.49. The van der Waals surface area contributed by atoms with Gasteiger partial charge < -0.3 is 27.7 Å². The van der Waals surface area contributed by atoms with Crippen LogP contribution in [0.2, 0.25) is 0 Å². The molecule has 0 spiro atoms. The van der Waals surface area contributed by atoms with Crippen molar-refractivity contribution in [2.45, 2.75) is 39.7 Å². The van der Waals surface area contributed by atoms with Crippen molar-refractivity contribution in [2.75, 3.05) is 0 Å². The average Bonchev–Trinajstić information content (AvgIpc) is 3.19. The van der Waals surface area contributed by atoms with E-state index < -0.39 is 0 Å². The van der Waals surface area contributed by atoms with Gasteiger partial charge in [0.25, 0.3) is 0 Å². The number of amidine groups is 1. The van der Waals surface area contributed by atoms with Crippen LogP contribution in [0, 0.1) is 6.92 Å². The minimum atomic E-state index is 0. The molecule has 4 nitrogen and oxygen atoms in total. The second kappa shape index (κ2) is 13.5. The number of aromatic amines is 1. The maximum Gasteiger partial charge on any atom is 2.00 e. The molecule has 2 aromatic heterocycles. The smallest absolute Gasteiger partial charge is 1.00 e. The molecule has 0 radical (unpaired) electrons. The molecule has 38 heavy (non-hydrogen) atoms. The number of para-hydroxylation sites is 2. The van der Waals surface area contributed by atoms with Crippen molar-refractivity contribution < 1.29 is 31.9 Å². The van der Waals surface area contributed by atoms with Gasteiger partial charge in [0, 0.05) is 28.4 Å². The third kappa shape index (κ3) is 6.78. The number of fused-ring (bicyclic) bond motifs is 5. The molecular formula is C32H31ClN4Ru. The van der Waals surface area contributed by atoms with Crippen molar-refractivity contribution >= 4 is 22.4 Å². The summed E-state index contributed by atoms with van der Waals surface area (Å²) in [6, 6.07) is 31.3.